The van der Waals surface area contributed by atoms with Crippen LogP contribution in [0.4, 0.5) is 0 Å². The molecule has 0 spiro atoms. The molecule has 0 radical (unpaired) electrons. The predicted octanol–water partition coefficient (Wildman–Crippen LogP) is 5.06. The minimum Gasteiger partial charge on any atom is -0.497 e. The van der Waals surface area contributed by atoms with Gasteiger partial charge in [-0.15, -0.1) is 0 Å². The summed E-state index contributed by atoms with van der Waals surface area (Å²) in [6.45, 7) is 0.437. The van der Waals surface area contributed by atoms with Crippen molar-refractivity contribution in [1.29, 1.82) is 0 Å². The Labute approximate surface area is 186 Å². The summed E-state index contributed by atoms with van der Waals surface area (Å²) in [6.07, 6.45) is 7.30. The van der Waals surface area contributed by atoms with Gasteiger partial charge in [0.25, 0.3) is 5.91 Å². The van der Waals surface area contributed by atoms with E-state index in [4.69, 9.17) is 9.72 Å². The summed E-state index contributed by atoms with van der Waals surface area (Å²) in [7, 11) is 1.66. The second-order valence-corrected chi connectivity index (χ2v) is 7.82. The summed E-state index contributed by atoms with van der Waals surface area (Å²) < 4.78 is 5.26. The molecule has 0 aliphatic heterocycles. The van der Waals surface area contributed by atoms with E-state index in [-0.39, 0.29) is 5.91 Å². The highest BCUT2D eigenvalue weighted by molar-refractivity contribution is 6.09. The number of methoxy groups -OCH3 is 1. The monoisotopic (exact) mass is 421 g/mol. The van der Waals surface area contributed by atoms with Gasteiger partial charge in [0.15, 0.2) is 0 Å². The number of hydrogen-bond donors (Lipinski definition) is 1. The Balaban J connectivity index is 1.54. The van der Waals surface area contributed by atoms with E-state index in [9.17, 15) is 4.79 Å². The van der Waals surface area contributed by atoms with E-state index in [0.29, 0.717) is 6.54 Å². The molecule has 0 fully saturated rings. The molecule has 4 aromatic rings. The van der Waals surface area contributed by atoms with Crippen molar-refractivity contribution in [2.75, 3.05) is 7.11 Å². The van der Waals surface area contributed by atoms with Crippen LogP contribution in [0.3, 0.4) is 0 Å². The highest BCUT2D eigenvalue weighted by Gasteiger charge is 2.26. The standard InChI is InChI=1S/C27H23N3O2/c1-32-21-11-8-18(9-12-21)15-20-10-13-23-25(22-6-2-3-7-24(22)30-26(20)23)27(31)29-17-19-5-4-14-28-16-19/h2-9,11-12,14-16H,10,13,17H2,1H3,(H,29,31)/b20-15+. The van der Waals surface area contributed by atoms with Crippen molar-refractivity contribution in [1.82, 2.24) is 15.3 Å². The largest absolute Gasteiger partial charge is 0.497 e. The number of carbonyl (C=O) groups is 1. The van der Waals surface area contributed by atoms with Gasteiger partial charge in [-0.1, -0.05) is 36.4 Å². The zero-order chi connectivity index (χ0) is 21.9. The van der Waals surface area contributed by atoms with E-state index >= 15 is 0 Å². The molecule has 5 heteroatoms. The Hall–Kier alpha value is -3.99. The molecule has 2 aromatic carbocycles. The molecule has 1 aliphatic carbocycles. The lowest BCUT2D eigenvalue weighted by molar-refractivity contribution is 0.0951. The normalized spacial score (nSPS) is 13.8. The van der Waals surface area contributed by atoms with Crippen LogP contribution in [0.25, 0.3) is 22.6 Å². The molecule has 32 heavy (non-hydrogen) atoms. The average molecular weight is 422 g/mol. The zero-order valence-corrected chi connectivity index (χ0v) is 17.8. The van der Waals surface area contributed by atoms with Crippen LogP contribution in [0.5, 0.6) is 5.75 Å². The predicted molar refractivity (Wildman–Crippen MR) is 126 cm³/mol. The van der Waals surface area contributed by atoms with Gasteiger partial charge in [-0.2, -0.15) is 0 Å². The van der Waals surface area contributed by atoms with Crippen LogP contribution in [-0.2, 0) is 13.0 Å². The van der Waals surface area contributed by atoms with Crippen LogP contribution in [0.15, 0.2) is 73.1 Å². The summed E-state index contributed by atoms with van der Waals surface area (Å²) in [5.74, 6) is 0.755. The number of amides is 1. The van der Waals surface area contributed by atoms with E-state index < -0.39 is 0 Å². The number of ether oxygens (including phenoxy) is 1. The van der Waals surface area contributed by atoms with Crippen molar-refractivity contribution in [3.63, 3.8) is 0 Å². The van der Waals surface area contributed by atoms with Crippen molar-refractivity contribution in [3.05, 3.63) is 101 Å². The molecule has 0 bridgehead atoms. The number of fused-ring (bicyclic) bond motifs is 2. The SMILES string of the molecule is COc1ccc(/C=C2\CCc3c2nc2ccccc2c3C(=O)NCc2cccnc2)cc1. The molecular weight excluding hydrogens is 398 g/mol. The maximum atomic E-state index is 13.3. The van der Waals surface area contributed by atoms with Crippen molar-refractivity contribution in [3.8, 4) is 5.75 Å². The summed E-state index contributed by atoms with van der Waals surface area (Å²) in [4.78, 5) is 22.4. The Morgan fingerprint density at radius 2 is 1.91 bits per heavy atom. The minimum atomic E-state index is -0.0746. The quantitative estimate of drug-likeness (QED) is 0.489. The molecule has 0 atom stereocenters. The van der Waals surface area contributed by atoms with Crippen LogP contribution in [0, 0.1) is 0 Å². The third-order valence-electron chi connectivity index (χ3n) is 5.80. The van der Waals surface area contributed by atoms with Crippen molar-refractivity contribution < 1.29 is 9.53 Å². The first-order valence-corrected chi connectivity index (χ1v) is 10.7. The molecule has 2 heterocycles. The molecule has 1 N–H and O–H groups in total. The first kappa shape index (κ1) is 19.9. The average Bonchev–Trinajstić information content (AvgIpc) is 3.24. The number of hydrogen-bond acceptors (Lipinski definition) is 4. The van der Waals surface area contributed by atoms with Gasteiger partial charge in [0.1, 0.15) is 5.75 Å². The molecule has 0 saturated carbocycles. The van der Waals surface area contributed by atoms with Gasteiger partial charge in [0, 0.05) is 24.3 Å². The Morgan fingerprint density at radius 3 is 2.69 bits per heavy atom. The number of carbonyl (C=O) groups excluding carboxylic acids is 1. The van der Waals surface area contributed by atoms with Crippen LogP contribution in [-0.4, -0.2) is 23.0 Å². The van der Waals surface area contributed by atoms with Crippen LogP contribution in [0.2, 0.25) is 0 Å². The summed E-state index contributed by atoms with van der Waals surface area (Å²) in [6, 6.07) is 19.7. The van der Waals surface area contributed by atoms with E-state index in [0.717, 1.165) is 63.0 Å². The topological polar surface area (TPSA) is 64.1 Å². The Morgan fingerprint density at radius 1 is 1.06 bits per heavy atom. The van der Waals surface area contributed by atoms with Crippen molar-refractivity contribution in [2.24, 2.45) is 0 Å². The molecule has 1 amide bonds. The number of para-hydroxylation sites is 1. The second-order valence-electron chi connectivity index (χ2n) is 7.82. The molecule has 5 nitrogen and oxygen atoms in total. The van der Waals surface area contributed by atoms with Crippen LogP contribution < -0.4 is 10.1 Å². The lowest BCUT2D eigenvalue weighted by atomic mass is 10.00. The fourth-order valence-electron chi connectivity index (χ4n) is 4.21. The third-order valence-corrected chi connectivity index (χ3v) is 5.80. The molecule has 1 aliphatic rings. The van der Waals surface area contributed by atoms with Gasteiger partial charge in [-0.25, -0.2) is 4.98 Å². The second kappa shape index (κ2) is 8.63. The van der Waals surface area contributed by atoms with Gasteiger partial charge < -0.3 is 10.1 Å². The van der Waals surface area contributed by atoms with E-state index in [1.807, 2.05) is 60.7 Å². The van der Waals surface area contributed by atoms with Crippen LogP contribution in [0.1, 0.15) is 39.2 Å². The number of benzene rings is 2. The van der Waals surface area contributed by atoms with Gasteiger partial charge >= 0.3 is 0 Å². The highest BCUT2D eigenvalue weighted by atomic mass is 16.5. The smallest absolute Gasteiger partial charge is 0.252 e. The first-order chi connectivity index (χ1) is 15.7. The molecule has 5 rings (SSSR count). The van der Waals surface area contributed by atoms with Crippen molar-refractivity contribution in [2.45, 2.75) is 19.4 Å². The number of allylic oxidation sites excluding steroid dienone is 1. The molecule has 2 aromatic heterocycles. The molecule has 158 valence electrons. The summed E-state index contributed by atoms with van der Waals surface area (Å²) >= 11 is 0. The maximum Gasteiger partial charge on any atom is 0.252 e. The molecular formula is C27H23N3O2. The van der Waals surface area contributed by atoms with Gasteiger partial charge in [-0.3, -0.25) is 9.78 Å². The molecule has 0 unspecified atom stereocenters. The number of aromatic nitrogens is 2. The maximum absolute atomic E-state index is 13.3. The van der Waals surface area contributed by atoms with Gasteiger partial charge in [0.05, 0.1) is 23.9 Å². The molecule has 0 saturated heterocycles. The fourth-order valence-corrected chi connectivity index (χ4v) is 4.21. The lowest BCUT2D eigenvalue weighted by Crippen LogP contribution is -2.24. The Bertz CT molecular complexity index is 1310. The lowest BCUT2D eigenvalue weighted by Gasteiger charge is -2.13. The van der Waals surface area contributed by atoms with Crippen molar-refractivity contribution >= 4 is 28.5 Å². The third kappa shape index (κ3) is 3.85. The Kier molecular flexibility index (Phi) is 5.38. The number of nitrogens with one attached hydrogen (secondary N) is 1. The first-order valence-electron chi connectivity index (χ1n) is 10.7. The van der Waals surface area contributed by atoms with Gasteiger partial charge in [0.2, 0.25) is 0 Å². The van der Waals surface area contributed by atoms with E-state index in [1.165, 1.54) is 0 Å². The van der Waals surface area contributed by atoms with Crippen LogP contribution >= 0.6 is 0 Å². The van der Waals surface area contributed by atoms with E-state index in [2.05, 4.69) is 16.4 Å². The summed E-state index contributed by atoms with van der Waals surface area (Å²) in [5.41, 5.74) is 6.71. The highest BCUT2D eigenvalue weighted by Crippen LogP contribution is 2.37. The summed E-state index contributed by atoms with van der Waals surface area (Å²) in [5, 5.41) is 3.96. The number of rotatable bonds is 5. The number of pyridine rings is 2. The van der Waals surface area contributed by atoms with E-state index in [1.54, 1.807) is 19.5 Å². The fraction of sp³-hybridized carbons (Fsp3) is 0.148. The zero-order valence-electron chi connectivity index (χ0n) is 17.8. The number of nitrogens with zero attached hydrogens (tertiary/aromatic N) is 2. The minimum absolute atomic E-state index is 0.0746. The van der Waals surface area contributed by atoms with Gasteiger partial charge in [-0.05, 0) is 65.4 Å².